The molecule has 1 aromatic carbocycles. The van der Waals surface area contributed by atoms with Crippen LogP contribution in [0.3, 0.4) is 0 Å². The van der Waals surface area contributed by atoms with Crippen molar-refractivity contribution in [2.24, 2.45) is 4.99 Å². The highest BCUT2D eigenvalue weighted by molar-refractivity contribution is 5.91. The van der Waals surface area contributed by atoms with Crippen LogP contribution in [0.2, 0.25) is 0 Å². The summed E-state index contributed by atoms with van der Waals surface area (Å²) >= 11 is 0. The monoisotopic (exact) mass is 515 g/mol. The number of hydrogen-bond acceptors (Lipinski definition) is 7. The zero-order chi connectivity index (χ0) is 26.7. The Balaban J connectivity index is 1.64. The Labute approximate surface area is 218 Å². The summed E-state index contributed by atoms with van der Waals surface area (Å²) in [5.41, 5.74) is 1.77. The predicted molar refractivity (Wildman–Crippen MR) is 141 cm³/mol. The van der Waals surface area contributed by atoms with Crippen LogP contribution in [0.1, 0.15) is 54.7 Å². The van der Waals surface area contributed by atoms with Crippen molar-refractivity contribution in [3.05, 3.63) is 76.2 Å². The number of benzene rings is 1. The van der Waals surface area contributed by atoms with Crippen LogP contribution in [0.25, 0.3) is 17.2 Å². The first kappa shape index (κ1) is 25.1. The molecular formula is C26H29N9O3. The topological polar surface area (TPSA) is 149 Å². The van der Waals surface area contributed by atoms with Crippen LogP contribution in [0, 0.1) is 0 Å². The molecular weight excluding hydrogens is 486 g/mol. The number of H-pyrrole nitrogens is 1. The van der Waals surface area contributed by atoms with E-state index in [1.807, 2.05) is 43.5 Å². The Morgan fingerprint density at radius 1 is 1.26 bits per heavy atom. The summed E-state index contributed by atoms with van der Waals surface area (Å²) in [7, 11) is 0. The Morgan fingerprint density at radius 3 is 2.82 bits per heavy atom. The summed E-state index contributed by atoms with van der Waals surface area (Å²) in [5.74, 6) is -0.316. The minimum Gasteiger partial charge on any atom is -0.477 e. The van der Waals surface area contributed by atoms with Gasteiger partial charge in [-0.1, -0.05) is 37.6 Å². The molecule has 12 nitrogen and oxygen atoms in total. The lowest BCUT2D eigenvalue weighted by molar-refractivity contribution is 0.0696. The van der Waals surface area contributed by atoms with Gasteiger partial charge >= 0.3 is 11.7 Å². The van der Waals surface area contributed by atoms with E-state index in [0.29, 0.717) is 31.8 Å². The average molecular weight is 516 g/mol. The third-order valence-electron chi connectivity index (χ3n) is 6.96. The van der Waals surface area contributed by atoms with Crippen molar-refractivity contribution in [1.82, 2.24) is 39.5 Å². The molecule has 1 atom stereocenters. The second-order valence-electron chi connectivity index (χ2n) is 9.30. The molecule has 4 aromatic rings. The van der Waals surface area contributed by atoms with E-state index in [2.05, 4.69) is 37.6 Å². The van der Waals surface area contributed by atoms with E-state index in [1.54, 1.807) is 17.0 Å². The molecule has 12 heteroatoms. The molecule has 0 amide bonds. The predicted octanol–water partition coefficient (Wildman–Crippen LogP) is 3.00. The number of carbonyl (C=O) groups is 1. The number of aryl methyl sites for hydroxylation is 2. The molecule has 196 valence electrons. The fraction of sp³-hybridized carbons (Fsp3) is 0.346. The molecule has 0 bridgehead atoms. The van der Waals surface area contributed by atoms with Gasteiger partial charge in [-0.25, -0.2) is 19.4 Å². The maximum atomic E-state index is 14.0. The number of aromatic amines is 1. The molecule has 0 saturated carbocycles. The minimum atomic E-state index is -1.13. The lowest BCUT2D eigenvalue weighted by atomic mass is 9.76. The number of aromatic nitrogens is 8. The zero-order valence-corrected chi connectivity index (χ0v) is 21.3. The largest absolute Gasteiger partial charge is 0.477 e. The van der Waals surface area contributed by atoms with Crippen LogP contribution in [-0.2, 0) is 24.9 Å². The average Bonchev–Trinajstić information content (AvgIpc) is 3.68. The second-order valence-corrected chi connectivity index (χ2v) is 9.30. The molecule has 5 rings (SSSR count). The standard InChI is InChI=1S/C26H29N9O3/c1-3-5-9-20-16-33(23-21(24(36)37)15-28-35(23)4-2)25(38)34(20)17-26(10-12-27-13-11-26)19-8-6-7-18(14-19)22-29-31-32-30-22/h6-8,10,12-16H,3-5,9,11,17H2,1-2H3,(H,36,37)(H,29,30,31,32). The van der Waals surface area contributed by atoms with Gasteiger partial charge in [-0.05, 0) is 48.2 Å². The van der Waals surface area contributed by atoms with Crippen molar-refractivity contribution in [3.63, 3.8) is 0 Å². The number of aromatic carboxylic acids is 1. The maximum Gasteiger partial charge on any atom is 0.341 e. The van der Waals surface area contributed by atoms with Crippen molar-refractivity contribution < 1.29 is 9.90 Å². The van der Waals surface area contributed by atoms with Crippen molar-refractivity contribution in [2.75, 3.05) is 0 Å². The van der Waals surface area contributed by atoms with E-state index < -0.39 is 11.4 Å². The van der Waals surface area contributed by atoms with Gasteiger partial charge in [0.2, 0.25) is 0 Å². The zero-order valence-electron chi connectivity index (χ0n) is 21.3. The first-order valence-corrected chi connectivity index (χ1v) is 12.6. The number of allylic oxidation sites excluding steroid dienone is 1. The van der Waals surface area contributed by atoms with Gasteiger partial charge in [-0.3, -0.25) is 14.1 Å². The fourth-order valence-electron chi connectivity index (χ4n) is 4.91. The molecule has 0 fully saturated rings. The van der Waals surface area contributed by atoms with Crippen LogP contribution < -0.4 is 5.69 Å². The summed E-state index contributed by atoms with van der Waals surface area (Å²) in [4.78, 5) is 30.3. The van der Waals surface area contributed by atoms with Crippen LogP contribution in [0.4, 0.5) is 0 Å². The van der Waals surface area contributed by atoms with Crippen molar-refractivity contribution in [2.45, 2.75) is 58.0 Å². The van der Waals surface area contributed by atoms with Gasteiger partial charge in [-0.15, -0.1) is 5.10 Å². The fourth-order valence-corrected chi connectivity index (χ4v) is 4.91. The number of nitrogens with zero attached hydrogens (tertiary/aromatic N) is 8. The van der Waals surface area contributed by atoms with Crippen molar-refractivity contribution in [1.29, 1.82) is 0 Å². The number of carboxylic acid groups (broad SMARTS) is 1. The van der Waals surface area contributed by atoms with E-state index in [1.165, 1.54) is 15.4 Å². The van der Waals surface area contributed by atoms with Crippen molar-refractivity contribution >= 4 is 12.2 Å². The lowest BCUT2D eigenvalue weighted by Crippen LogP contribution is -2.37. The van der Waals surface area contributed by atoms with E-state index >= 15 is 0 Å². The molecule has 1 aliphatic rings. The molecule has 38 heavy (non-hydrogen) atoms. The van der Waals surface area contributed by atoms with Gasteiger partial charge in [0.15, 0.2) is 11.6 Å². The van der Waals surface area contributed by atoms with Crippen LogP contribution in [0.5, 0.6) is 0 Å². The second kappa shape index (κ2) is 10.4. The molecule has 1 unspecified atom stereocenters. The Kier molecular flexibility index (Phi) is 6.86. The molecule has 2 N–H and O–H groups in total. The summed E-state index contributed by atoms with van der Waals surface area (Å²) in [6, 6.07) is 7.92. The molecule has 4 heterocycles. The van der Waals surface area contributed by atoms with Crippen molar-refractivity contribution in [3.8, 4) is 17.2 Å². The molecule has 1 aliphatic heterocycles. The summed E-state index contributed by atoms with van der Waals surface area (Å²) in [6.07, 6.45) is 11.8. The number of hydrogen-bond donors (Lipinski definition) is 2. The normalized spacial score (nSPS) is 16.8. The van der Waals surface area contributed by atoms with E-state index in [4.69, 9.17) is 0 Å². The molecule has 3 aromatic heterocycles. The van der Waals surface area contributed by atoms with Crippen LogP contribution in [-0.4, -0.2) is 56.8 Å². The van der Waals surface area contributed by atoms with Gasteiger partial charge in [-0.2, -0.15) is 5.10 Å². The Morgan fingerprint density at radius 2 is 2.13 bits per heavy atom. The molecule has 0 spiro atoms. The summed E-state index contributed by atoms with van der Waals surface area (Å²) in [5, 5.41) is 28.2. The number of unbranched alkanes of at least 4 members (excludes halogenated alkanes) is 1. The third-order valence-corrected chi connectivity index (χ3v) is 6.96. The van der Waals surface area contributed by atoms with Gasteiger partial charge < -0.3 is 5.11 Å². The quantitative estimate of drug-likeness (QED) is 0.330. The van der Waals surface area contributed by atoms with E-state index in [0.717, 1.165) is 29.7 Å². The minimum absolute atomic E-state index is 0.0130. The number of nitrogens with one attached hydrogen (secondary N) is 1. The highest BCUT2D eigenvalue weighted by Crippen LogP contribution is 2.35. The number of carboxylic acids is 1. The van der Waals surface area contributed by atoms with Gasteiger partial charge in [0.25, 0.3) is 0 Å². The smallest absolute Gasteiger partial charge is 0.341 e. The third kappa shape index (κ3) is 4.49. The van der Waals surface area contributed by atoms with Crippen LogP contribution in [0.15, 0.2) is 58.7 Å². The molecule has 0 saturated heterocycles. The van der Waals surface area contributed by atoms with Crippen LogP contribution >= 0.6 is 0 Å². The number of tetrazole rings is 1. The Bertz CT molecular complexity index is 1560. The lowest BCUT2D eigenvalue weighted by Gasteiger charge is -2.32. The number of aliphatic imine (C=N–C) groups is 1. The highest BCUT2D eigenvalue weighted by atomic mass is 16.4. The SMILES string of the molecule is CCCCc1cn(-c2c(C(=O)O)cnn2CC)c(=O)n1CC1(c2cccc(-c3nnn[nH]3)c2)C=CN=CC1. The Hall–Kier alpha value is -4.61. The summed E-state index contributed by atoms with van der Waals surface area (Å²) < 4.78 is 4.73. The van der Waals surface area contributed by atoms with E-state index in [9.17, 15) is 14.7 Å². The van der Waals surface area contributed by atoms with E-state index in [-0.39, 0.29) is 17.1 Å². The van der Waals surface area contributed by atoms with Gasteiger partial charge in [0.05, 0.1) is 6.20 Å². The molecule has 0 aliphatic carbocycles. The first-order valence-electron chi connectivity index (χ1n) is 12.6. The maximum absolute atomic E-state index is 14.0. The number of imidazole rings is 1. The van der Waals surface area contributed by atoms with Gasteiger partial charge in [0.1, 0.15) is 5.56 Å². The summed E-state index contributed by atoms with van der Waals surface area (Å²) in [6.45, 7) is 4.73. The van der Waals surface area contributed by atoms with Gasteiger partial charge in [0, 0.05) is 48.4 Å². The molecule has 0 radical (unpaired) electrons. The highest BCUT2D eigenvalue weighted by Gasteiger charge is 2.33. The first-order chi connectivity index (χ1) is 18.5. The number of rotatable bonds is 10.